The maximum atomic E-state index is 12.0. The van der Waals surface area contributed by atoms with Gasteiger partial charge < -0.3 is 14.8 Å². The first-order valence-electron chi connectivity index (χ1n) is 7.80. The Hall–Kier alpha value is -2.90. The summed E-state index contributed by atoms with van der Waals surface area (Å²) in [6.45, 7) is 4.43. The van der Waals surface area contributed by atoms with Crippen molar-refractivity contribution in [2.75, 3.05) is 19.8 Å². The van der Waals surface area contributed by atoms with Gasteiger partial charge in [0.25, 0.3) is 5.91 Å². The van der Waals surface area contributed by atoms with Crippen molar-refractivity contribution in [2.45, 2.75) is 26.3 Å². The summed E-state index contributed by atoms with van der Waals surface area (Å²) in [4.78, 5) is 48.2. The average Bonchev–Trinajstić information content (AvgIpc) is 2.75. The van der Waals surface area contributed by atoms with Crippen LogP contribution in [0.15, 0.2) is 24.3 Å². The van der Waals surface area contributed by atoms with Crippen LogP contribution in [0.1, 0.15) is 31.1 Å². The molecule has 2 rings (SSSR count). The van der Waals surface area contributed by atoms with Crippen LogP contribution in [-0.4, -0.2) is 53.9 Å². The molecule has 0 unspecified atom stereocenters. The number of amides is 3. The zero-order chi connectivity index (χ0) is 18.6. The Labute approximate surface area is 145 Å². The van der Waals surface area contributed by atoms with Crippen molar-refractivity contribution >= 4 is 23.7 Å². The Morgan fingerprint density at radius 1 is 1.16 bits per heavy atom. The molecule has 8 nitrogen and oxygen atoms in total. The molecule has 0 aliphatic carbocycles. The maximum Gasteiger partial charge on any atom is 0.326 e. The van der Waals surface area contributed by atoms with E-state index < -0.39 is 42.4 Å². The molecular weight excluding hydrogens is 328 g/mol. The molecule has 134 valence electrons. The SMILES string of the molecule is CCOc1ccc(C(=O)COC(=O)CN2C(=O)NC(C)(C)C2=O)cc1. The fraction of sp³-hybridized carbons (Fsp3) is 0.412. The third kappa shape index (κ3) is 4.34. The fourth-order valence-electron chi connectivity index (χ4n) is 2.27. The lowest BCUT2D eigenvalue weighted by Gasteiger charge is -2.15. The number of hydrogen-bond acceptors (Lipinski definition) is 6. The maximum absolute atomic E-state index is 12.0. The molecule has 3 amide bonds. The molecule has 25 heavy (non-hydrogen) atoms. The van der Waals surface area contributed by atoms with Crippen molar-refractivity contribution < 1.29 is 28.7 Å². The number of esters is 1. The number of carbonyl (C=O) groups excluding carboxylic acids is 4. The van der Waals surface area contributed by atoms with Gasteiger partial charge in [0.15, 0.2) is 12.4 Å². The highest BCUT2D eigenvalue weighted by Crippen LogP contribution is 2.16. The quantitative estimate of drug-likeness (QED) is 0.450. The Kier molecular flexibility index (Phi) is 5.41. The van der Waals surface area contributed by atoms with E-state index in [0.717, 1.165) is 4.90 Å². The number of nitrogens with zero attached hydrogens (tertiary/aromatic N) is 1. The highest BCUT2D eigenvalue weighted by atomic mass is 16.5. The van der Waals surface area contributed by atoms with Gasteiger partial charge in [0.1, 0.15) is 17.8 Å². The van der Waals surface area contributed by atoms with E-state index in [4.69, 9.17) is 9.47 Å². The fourth-order valence-corrected chi connectivity index (χ4v) is 2.27. The van der Waals surface area contributed by atoms with Crippen molar-refractivity contribution in [3.05, 3.63) is 29.8 Å². The first-order chi connectivity index (χ1) is 11.7. The Bertz CT molecular complexity index is 696. The molecule has 1 aliphatic heterocycles. The highest BCUT2D eigenvalue weighted by molar-refractivity contribution is 6.08. The normalized spacial score (nSPS) is 15.7. The molecule has 1 aliphatic rings. The van der Waals surface area contributed by atoms with E-state index in [0.29, 0.717) is 17.9 Å². The number of urea groups is 1. The summed E-state index contributed by atoms with van der Waals surface area (Å²) in [7, 11) is 0. The van der Waals surface area contributed by atoms with Crippen LogP contribution in [0.4, 0.5) is 4.79 Å². The van der Waals surface area contributed by atoms with Crippen LogP contribution in [0.2, 0.25) is 0 Å². The lowest BCUT2D eigenvalue weighted by molar-refractivity contribution is -0.146. The molecule has 0 aromatic heterocycles. The number of benzene rings is 1. The number of hydrogen-bond donors (Lipinski definition) is 1. The minimum absolute atomic E-state index is 0.368. The topological polar surface area (TPSA) is 102 Å². The summed E-state index contributed by atoms with van der Waals surface area (Å²) < 4.78 is 10.1. The van der Waals surface area contributed by atoms with E-state index in [1.54, 1.807) is 24.3 Å². The summed E-state index contributed by atoms with van der Waals surface area (Å²) in [5.74, 6) is -1.11. The van der Waals surface area contributed by atoms with Crippen LogP contribution >= 0.6 is 0 Å². The molecule has 1 saturated heterocycles. The minimum Gasteiger partial charge on any atom is -0.494 e. The third-order valence-corrected chi connectivity index (χ3v) is 3.58. The Morgan fingerprint density at radius 3 is 2.32 bits per heavy atom. The monoisotopic (exact) mass is 348 g/mol. The van der Waals surface area contributed by atoms with E-state index in [2.05, 4.69) is 5.32 Å². The summed E-state index contributed by atoms with van der Waals surface area (Å²) in [6.07, 6.45) is 0. The lowest BCUT2D eigenvalue weighted by atomic mass is 10.1. The molecule has 0 bridgehead atoms. The highest BCUT2D eigenvalue weighted by Gasteiger charge is 2.45. The summed E-state index contributed by atoms with van der Waals surface area (Å²) in [5, 5.41) is 2.46. The van der Waals surface area contributed by atoms with Gasteiger partial charge in [0.2, 0.25) is 0 Å². The minimum atomic E-state index is -1.06. The van der Waals surface area contributed by atoms with Gasteiger partial charge in [0, 0.05) is 5.56 Å². The van der Waals surface area contributed by atoms with Crippen molar-refractivity contribution in [2.24, 2.45) is 0 Å². The lowest BCUT2D eigenvalue weighted by Crippen LogP contribution is -2.41. The molecular formula is C17H20N2O6. The number of nitrogens with one attached hydrogen (secondary N) is 1. The van der Waals surface area contributed by atoms with Crippen LogP contribution in [-0.2, 0) is 14.3 Å². The first-order valence-corrected chi connectivity index (χ1v) is 7.80. The molecule has 8 heteroatoms. The molecule has 1 aromatic rings. The van der Waals surface area contributed by atoms with Gasteiger partial charge in [-0.25, -0.2) is 4.79 Å². The largest absolute Gasteiger partial charge is 0.494 e. The first kappa shape index (κ1) is 18.4. The van der Waals surface area contributed by atoms with E-state index in [1.165, 1.54) is 13.8 Å². The van der Waals surface area contributed by atoms with Crippen LogP contribution < -0.4 is 10.1 Å². The van der Waals surface area contributed by atoms with Crippen LogP contribution in [0, 0.1) is 0 Å². The summed E-state index contributed by atoms with van der Waals surface area (Å²) in [5.41, 5.74) is -0.692. The van der Waals surface area contributed by atoms with Crippen molar-refractivity contribution in [1.82, 2.24) is 10.2 Å². The molecule has 1 heterocycles. The van der Waals surface area contributed by atoms with Gasteiger partial charge in [-0.2, -0.15) is 0 Å². The molecule has 0 saturated carbocycles. The number of ketones is 1. The molecule has 1 N–H and O–H groups in total. The molecule has 0 spiro atoms. The van der Waals surface area contributed by atoms with E-state index in [9.17, 15) is 19.2 Å². The summed E-state index contributed by atoms with van der Waals surface area (Å²) >= 11 is 0. The Morgan fingerprint density at radius 2 is 1.80 bits per heavy atom. The van der Waals surface area contributed by atoms with Gasteiger partial charge >= 0.3 is 12.0 Å². The van der Waals surface area contributed by atoms with Gasteiger partial charge in [-0.1, -0.05) is 0 Å². The predicted octanol–water partition coefficient (Wildman–Crippen LogP) is 1.14. The van der Waals surface area contributed by atoms with Crippen molar-refractivity contribution in [1.29, 1.82) is 0 Å². The smallest absolute Gasteiger partial charge is 0.326 e. The zero-order valence-electron chi connectivity index (χ0n) is 14.3. The number of ether oxygens (including phenoxy) is 2. The van der Waals surface area contributed by atoms with Gasteiger partial charge in [-0.3, -0.25) is 19.3 Å². The number of carbonyl (C=O) groups is 4. The summed E-state index contributed by atoms with van der Waals surface area (Å²) in [6, 6.07) is 5.77. The number of rotatable bonds is 7. The molecule has 1 aromatic carbocycles. The van der Waals surface area contributed by atoms with Gasteiger partial charge in [-0.05, 0) is 45.0 Å². The van der Waals surface area contributed by atoms with Crippen molar-refractivity contribution in [3.63, 3.8) is 0 Å². The second-order valence-corrected chi connectivity index (χ2v) is 5.99. The second-order valence-electron chi connectivity index (χ2n) is 5.99. The van der Waals surface area contributed by atoms with Gasteiger partial charge in [-0.15, -0.1) is 0 Å². The second kappa shape index (κ2) is 7.33. The van der Waals surface area contributed by atoms with E-state index >= 15 is 0 Å². The van der Waals surface area contributed by atoms with Crippen LogP contribution in [0.3, 0.4) is 0 Å². The predicted molar refractivity (Wildman–Crippen MR) is 87.2 cm³/mol. The van der Waals surface area contributed by atoms with Crippen LogP contribution in [0.25, 0.3) is 0 Å². The standard InChI is InChI=1S/C17H20N2O6/c1-4-24-12-7-5-11(6-8-12)13(20)10-25-14(21)9-19-15(22)17(2,3)18-16(19)23/h5-8H,4,9-10H2,1-3H3,(H,18,23). The Balaban J connectivity index is 1.86. The molecule has 0 atom stereocenters. The van der Waals surface area contributed by atoms with Crippen molar-refractivity contribution in [3.8, 4) is 5.75 Å². The number of imide groups is 1. The van der Waals surface area contributed by atoms with Crippen LogP contribution in [0.5, 0.6) is 5.75 Å². The van der Waals surface area contributed by atoms with E-state index in [-0.39, 0.29) is 0 Å². The average molecular weight is 348 g/mol. The molecule has 1 fully saturated rings. The van der Waals surface area contributed by atoms with Gasteiger partial charge in [0.05, 0.1) is 6.61 Å². The van der Waals surface area contributed by atoms with E-state index in [1.807, 2.05) is 6.92 Å². The zero-order valence-corrected chi connectivity index (χ0v) is 14.3. The third-order valence-electron chi connectivity index (χ3n) is 3.58. The molecule has 0 radical (unpaired) electrons. The number of Topliss-reactive ketones (excluding diaryl/α,β-unsaturated/α-hetero) is 1.